The van der Waals surface area contributed by atoms with Crippen LogP contribution in [0.15, 0.2) is 147 Å². The summed E-state index contributed by atoms with van der Waals surface area (Å²) in [6, 6.07) is 44.9. The van der Waals surface area contributed by atoms with Crippen LogP contribution in [0.5, 0.6) is 34.5 Å². The molecule has 2 atom stereocenters. The van der Waals surface area contributed by atoms with Gasteiger partial charge in [0.1, 0.15) is 81.4 Å². The largest absolute Gasteiger partial charge is 0.497 e. The normalized spacial score (nSPS) is 17.9. The van der Waals surface area contributed by atoms with E-state index < -0.39 is 6.29 Å². The van der Waals surface area contributed by atoms with E-state index in [2.05, 4.69) is 110 Å². The lowest BCUT2D eigenvalue weighted by atomic mass is 10.1. The molecular weight excluding hydrogens is 1110 g/mol. The molecule has 4 heterocycles. The number of aliphatic hydroxyl groups is 1. The molecule has 0 amide bonds. The number of aliphatic hydroxyl groups excluding tert-OH is 1. The SMILES string of the molecule is CCOCCOc1ccc([S+]2CCOCC2)c2ccc(OC)cc12.COc1ccc([S+]2CCCCC2)c2ccc(C)cc12.COc1ccc([S+]2CCOC(O)C2)c2ccccc12.COc1ccc2c([S+]3CCCCC3)ccc(OC)c2c1. The zero-order valence-electron chi connectivity index (χ0n) is 49.1. The van der Waals surface area contributed by atoms with Crippen LogP contribution in [0.25, 0.3) is 43.1 Å². The molecule has 0 aromatic heterocycles. The van der Waals surface area contributed by atoms with Crippen molar-refractivity contribution in [3.05, 3.63) is 133 Å². The summed E-state index contributed by atoms with van der Waals surface area (Å²) in [6.45, 7) is 8.34. The molecule has 0 aliphatic carbocycles. The Morgan fingerprint density at radius 2 is 0.866 bits per heavy atom. The third-order valence-corrected chi connectivity index (χ3v) is 25.0. The number of fused-ring (bicyclic) bond motifs is 4. The molecule has 4 aliphatic rings. The summed E-state index contributed by atoms with van der Waals surface area (Å²) in [7, 11) is 9.74. The molecule has 14 heteroatoms. The van der Waals surface area contributed by atoms with Crippen molar-refractivity contribution in [2.24, 2.45) is 0 Å². The van der Waals surface area contributed by atoms with Gasteiger partial charge in [0.05, 0.1) is 62.0 Å². The van der Waals surface area contributed by atoms with Crippen molar-refractivity contribution in [2.45, 2.75) is 78.2 Å². The molecule has 82 heavy (non-hydrogen) atoms. The second-order valence-corrected chi connectivity index (χ2v) is 29.3. The van der Waals surface area contributed by atoms with Crippen molar-refractivity contribution < 1.29 is 47.7 Å². The van der Waals surface area contributed by atoms with Crippen LogP contribution in [0.1, 0.15) is 51.0 Å². The van der Waals surface area contributed by atoms with Gasteiger partial charge in [-0.25, -0.2) is 0 Å². The van der Waals surface area contributed by atoms with Crippen molar-refractivity contribution in [3.8, 4) is 34.5 Å². The molecule has 8 aromatic carbocycles. The lowest BCUT2D eigenvalue weighted by Gasteiger charge is -2.20. The highest BCUT2D eigenvalue weighted by Gasteiger charge is 2.34. The summed E-state index contributed by atoms with van der Waals surface area (Å²) in [5, 5.41) is 19.6. The van der Waals surface area contributed by atoms with E-state index in [0.717, 1.165) is 75.7 Å². The first kappa shape index (κ1) is 61.4. The van der Waals surface area contributed by atoms with Crippen LogP contribution in [0.3, 0.4) is 0 Å². The molecule has 8 aromatic rings. The average Bonchev–Trinajstić information content (AvgIpc) is 3.60. The summed E-state index contributed by atoms with van der Waals surface area (Å²) in [5.41, 5.74) is 1.30. The maximum absolute atomic E-state index is 9.67. The molecule has 4 saturated heterocycles. The Labute approximate surface area is 498 Å². The Morgan fingerprint density at radius 3 is 1.38 bits per heavy atom. The number of rotatable bonds is 14. The smallest absolute Gasteiger partial charge is 0.200 e. The Morgan fingerprint density at radius 1 is 0.427 bits per heavy atom. The van der Waals surface area contributed by atoms with Gasteiger partial charge in [0, 0.05) is 93.3 Å². The predicted octanol–water partition coefficient (Wildman–Crippen LogP) is 13.8. The summed E-state index contributed by atoms with van der Waals surface area (Å²) in [4.78, 5) is 5.77. The van der Waals surface area contributed by atoms with Gasteiger partial charge in [-0.3, -0.25) is 0 Å². The van der Waals surface area contributed by atoms with Crippen molar-refractivity contribution in [3.63, 3.8) is 0 Å². The Balaban J connectivity index is 0.000000132. The van der Waals surface area contributed by atoms with Crippen LogP contribution >= 0.6 is 0 Å². The summed E-state index contributed by atoms with van der Waals surface area (Å²) >= 11 is 0. The molecule has 4 aliphatic heterocycles. The highest BCUT2D eigenvalue weighted by Crippen LogP contribution is 2.39. The fraction of sp³-hybridized carbons (Fsp3) is 0.412. The van der Waals surface area contributed by atoms with E-state index in [0.29, 0.717) is 54.0 Å². The van der Waals surface area contributed by atoms with Crippen molar-refractivity contribution in [1.82, 2.24) is 0 Å². The van der Waals surface area contributed by atoms with Gasteiger partial charge in [0.15, 0.2) is 25.3 Å². The molecule has 10 nitrogen and oxygen atoms in total. The van der Waals surface area contributed by atoms with Crippen molar-refractivity contribution in [2.75, 3.05) is 121 Å². The molecule has 12 rings (SSSR count). The third kappa shape index (κ3) is 15.4. The zero-order valence-corrected chi connectivity index (χ0v) is 52.4. The lowest BCUT2D eigenvalue weighted by Crippen LogP contribution is -2.34. The van der Waals surface area contributed by atoms with Gasteiger partial charge < -0.3 is 47.7 Å². The van der Waals surface area contributed by atoms with E-state index in [1.807, 2.05) is 31.2 Å². The van der Waals surface area contributed by atoms with Gasteiger partial charge in [-0.05, 0) is 156 Å². The van der Waals surface area contributed by atoms with E-state index in [9.17, 15) is 5.11 Å². The summed E-state index contributed by atoms with van der Waals surface area (Å²) in [6.07, 6.45) is 7.70. The Hall–Kier alpha value is -5.16. The molecule has 1 N–H and O–H groups in total. The number of hydrogen-bond acceptors (Lipinski definition) is 10. The first-order valence-corrected chi connectivity index (χ1v) is 35.2. The molecule has 436 valence electrons. The summed E-state index contributed by atoms with van der Waals surface area (Å²) in [5.74, 6) is 14.8. The third-order valence-electron chi connectivity index (χ3n) is 15.3. The Bertz CT molecular complexity index is 3320. The summed E-state index contributed by atoms with van der Waals surface area (Å²) < 4.78 is 49.3. The first-order chi connectivity index (χ1) is 40.2. The minimum Gasteiger partial charge on any atom is -0.497 e. The molecule has 0 saturated carbocycles. The number of ether oxygens (including phenoxy) is 9. The highest BCUT2D eigenvalue weighted by molar-refractivity contribution is 7.98. The second-order valence-electron chi connectivity index (χ2n) is 20.4. The van der Waals surface area contributed by atoms with Crippen molar-refractivity contribution in [1.29, 1.82) is 0 Å². The lowest BCUT2D eigenvalue weighted by molar-refractivity contribution is -0.0806. The number of hydrogen-bond donors (Lipinski definition) is 1. The second kappa shape index (κ2) is 31.1. The van der Waals surface area contributed by atoms with E-state index in [1.165, 1.54) is 114 Å². The minimum absolute atomic E-state index is 0.0465. The zero-order chi connectivity index (χ0) is 57.2. The van der Waals surface area contributed by atoms with Crippen LogP contribution in [0.2, 0.25) is 0 Å². The van der Waals surface area contributed by atoms with Crippen LogP contribution in [0, 0.1) is 6.92 Å². The molecule has 2 unspecified atom stereocenters. The van der Waals surface area contributed by atoms with E-state index >= 15 is 0 Å². The fourth-order valence-electron chi connectivity index (χ4n) is 11.1. The molecular formula is C68H84O10S4+4. The first-order valence-electron chi connectivity index (χ1n) is 28.9. The highest BCUT2D eigenvalue weighted by atomic mass is 32.2. The van der Waals surface area contributed by atoms with Gasteiger partial charge in [-0.2, -0.15) is 0 Å². The average molecular weight is 1190 g/mol. The van der Waals surface area contributed by atoms with Gasteiger partial charge >= 0.3 is 0 Å². The number of aryl methyl sites for hydroxylation is 1. The van der Waals surface area contributed by atoms with Gasteiger partial charge in [0.2, 0.25) is 6.29 Å². The topological polar surface area (TPSA) is 103 Å². The Kier molecular flexibility index (Phi) is 23.3. The fourth-order valence-corrected chi connectivity index (χ4v) is 20.2. The number of methoxy groups -OCH3 is 5. The molecule has 0 bridgehead atoms. The van der Waals surface area contributed by atoms with Crippen LogP contribution in [-0.2, 0) is 57.8 Å². The maximum Gasteiger partial charge on any atom is 0.200 e. The van der Waals surface area contributed by atoms with Crippen LogP contribution in [-0.4, -0.2) is 133 Å². The predicted molar refractivity (Wildman–Crippen MR) is 347 cm³/mol. The van der Waals surface area contributed by atoms with Crippen LogP contribution < -0.4 is 28.4 Å². The van der Waals surface area contributed by atoms with Gasteiger partial charge in [-0.15, -0.1) is 0 Å². The minimum atomic E-state index is -0.627. The number of benzene rings is 8. The monoisotopic (exact) mass is 1190 g/mol. The maximum atomic E-state index is 9.67. The van der Waals surface area contributed by atoms with Crippen molar-refractivity contribution >= 4 is 86.7 Å². The quantitative estimate of drug-likeness (QED) is 0.0836. The van der Waals surface area contributed by atoms with E-state index in [-0.39, 0.29) is 21.8 Å². The van der Waals surface area contributed by atoms with Gasteiger partial charge in [-0.1, -0.05) is 29.8 Å². The van der Waals surface area contributed by atoms with E-state index in [4.69, 9.17) is 42.6 Å². The molecule has 4 fully saturated rings. The van der Waals surface area contributed by atoms with Crippen LogP contribution in [0.4, 0.5) is 0 Å². The molecule has 0 radical (unpaired) electrons. The van der Waals surface area contributed by atoms with Gasteiger partial charge in [0.25, 0.3) is 0 Å². The molecule has 0 spiro atoms. The van der Waals surface area contributed by atoms with E-state index in [1.54, 1.807) is 40.4 Å². The standard InChI is InChI=1S/C19H25O4S.C17H21O2S.C17H21OS.C15H17O3S/c1-3-21-8-9-23-18-6-7-19(24-12-10-22-11-13-24)16-5-4-15(20-2)14-17(16)18;1-18-13-6-7-14-15(12-13)16(19-2)8-9-17(14)20-10-4-3-5-11-20;1-13-6-7-14-15(12-13)16(18-2)8-9-17(14)19-10-4-3-5-11-19;1-17-13-6-7-14(12-5-3-2-4-11(12)13)19-9-8-18-15(16)10-19/h4-7,14H,3,8-13H2,1-2H3;6-9,12H,3-5,10-11H2,1-2H3;6-9,12H,3-5,10-11H2,1-2H3;2-7,15-16H,8-10H2,1H3/q4*+1.